The van der Waals surface area contributed by atoms with Crippen molar-refractivity contribution in [1.82, 2.24) is 0 Å². The minimum absolute atomic E-state index is 0.0746. The van der Waals surface area contributed by atoms with Gasteiger partial charge in [-0.25, -0.2) is 0 Å². The summed E-state index contributed by atoms with van der Waals surface area (Å²) in [6, 6.07) is 3.10. The molecule has 1 aromatic rings. The molecule has 5 heteroatoms. The summed E-state index contributed by atoms with van der Waals surface area (Å²) in [5.41, 5.74) is 0.514. The number of carbonyl (C=O) groups is 1. The van der Waals surface area contributed by atoms with E-state index in [1.54, 1.807) is 6.07 Å². The summed E-state index contributed by atoms with van der Waals surface area (Å²) < 4.78 is 5.02. The summed E-state index contributed by atoms with van der Waals surface area (Å²) in [5.74, 6) is -1.23. The van der Waals surface area contributed by atoms with Crippen LogP contribution in [0.25, 0.3) is 0 Å². The topological polar surface area (TPSA) is 46.5 Å². The van der Waals surface area contributed by atoms with Gasteiger partial charge in [0, 0.05) is 11.1 Å². The highest BCUT2D eigenvalue weighted by molar-refractivity contribution is 6.35. The highest BCUT2D eigenvalue weighted by atomic mass is 35.5. The zero-order valence-corrected chi connectivity index (χ0v) is 11.3. The molecule has 0 aliphatic carbocycles. The number of benzene rings is 1. The third kappa shape index (κ3) is 3.05. The van der Waals surface area contributed by atoms with E-state index in [9.17, 15) is 9.90 Å². The molecule has 94 valence electrons. The summed E-state index contributed by atoms with van der Waals surface area (Å²) in [4.78, 5) is 11.2. The Hall–Kier alpha value is -0.930. The fourth-order valence-electron chi connectivity index (χ4n) is 1.72. The van der Waals surface area contributed by atoms with Crippen molar-refractivity contribution in [2.24, 2.45) is 5.92 Å². The number of methoxy groups -OCH3 is 1. The molecule has 0 heterocycles. The maximum absolute atomic E-state index is 11.2. The van der Waals surface area contributed by atoms with Crippen molar-refractivity contribution in [3.63, 3.8) is 0 Å². The molecule has 1 aromatic carbocycles. The van der Waals surface area contributed by atoms with Gasteiger partial charge in [-0.1, -0.05) is 37.0 Å². The normalized spacial score (nSPS) is 12.6. The molecule has 1 rings (SSSR count). The molecular formula is C12H14Cl2O3. The molecule has 0 saturated heterocycles. The largest absolute Gasteiger partial charge is 0.495 e. The van der Waals surface area contributed by atoms with Crippen LogP contribution in [0.15, 0.2) is 12.1 Å². The monoisotopic (exact) mass is 276 g/mol. The van der Waals surface area contributed by atoms with Crippen molar-refractivity contribution in [3.05, 3.63) is 27.7 Å². The first kappa shape index (κ1) is 14.1. The van der Waals surface area contributed by atoms with Crippen LogP contribution in [-0.4, -0.2) is 18.2 Å². The van der Waals surface area contributed by atoms with Crippen LogP contribution in [0.4, 0.5) is 0 Å². The second-order valence-corrected chi connectivity index (χ2v) is 4.88. The summed E-state index contributed by atoms with van der Waals surface area (Å²) >= 11 is 12.0. The van der Waals surface area contributed by atoms with Crippen LogP contribution in [-0.2, 0) is 4.79 Å². The van der Waals surface area contributed by atoms with E-state index < -0.39 is 11.9 Å². The number of carboxylic acid groups (broad SMARTS) is 1. The number of halogens is 2. The van der Waals surface area contributed by atoms with Crippen LogP contribution >= 0.6 is 23.2 Å². The molecule has 17 heavy (non-hydrogen) atoms. The maximum atomic E-state index is 11.2. The number of ether oxygens (including phenoxy) is 1. The first-order valence-corrected chi connectivity index (χ1v) is 5.89. The van der Waals surface area contributed by atoms with E-state index in [2.05, 4.69) is 0 Å². The first-order valence-electron chi connectivity index (χ1n) is 5.14. The lowest BCUT2D eigenvalue weighted by atomic mass is 9.88. The Morgan fingerprint density at radius 2 is 1.88 bits per heavy atom. The lowest BCUT2D eigenvalue weighted by Gasteiger charge is -2.19. The second-order valence-electron chi connectivity index (χ2n) is 4.07. The number of carboxylic acids is 1. The smallest absolute Gasteiger partial charge is 0.311 e. The Labute approximate surface area is 110 Å². The van der Waals surface area contributed by atoms with Gasteiger partial charge in [-0.2, -0.15) is 0 Å². The van der Waals surface area contributed by atoms with Gasteiger partial charge in [0.1, 0.15) is 5.75 Å². The molecule has 1 N–H and O–H groups in total. The van der Waals surface area contributed by atoms with Crippen LogP contribution in [0.1, 0.15) is 25.3 Å². The maximum Gasteiger partial charge on any atom is 0.311 e. The number of hydrogen-bond donors (Lipinski definition) is 1. The first-order chi connectivity index (χ1) is 7.88. The number of aliphatic carboxylic acids is 1. The van der Waals surface area contributed by atoms with Crippen molar-refractivity contribution in [2.75, 3.05) is 7.11 Å². The Morgan fingerprint density at radius 1 is 1.29 bits per heavy atom. The van der Waals surface area contributed by atoms with Crippen LogP contribution < -0.4 is 4.74 Å². The van der Waals surface area contributed by atoms with Gasteiger partial charge in [0.25, 0.3) is 0 Å². The molecule has 0 aliphatic heterocycles. The minimum atomic E-state index is -0.914. The van der Waals surface area contributed by atoms with Crippen LogP contribution in [0.5, 0.6) is 5.75 Å². The van der Waals surface area contributed by atoms with Crippen molar-refractivity contribution in [1.29, 1.82) is 0 Å². The van der Waals surface area contributed by atoms with E-state index in [1.807, 2.05) is 13.8 Å². The Bertz CT molecular complexity index is 430. The van der Waals surface area contributed by atoms with Gasteiger partial charge in [-0.05, 0) is 17.5 Å². The van der Waals surface area contributed by atoms with Crippen molar-refractivity contribution in [3.8, 4) is 5.75 Å². The SMILES string of the molecule is COc1cc(Cl)c(C(C(=O)O)C(C)C)cc1Cl. The minimum Gasteiger partial charge on any atom is -0.495 e. The fraction of sp³-hybridized carbons (Fsp3) is 0.417. The summed E-state index contributed by atoms with van der Waals surface area (Å²) in [5, 5.41) is 9.92. The fourth-order valence-corrected chi connectivity index (χ4v) is 2.24. The van der Waals surface area contributed by atoms with E-state index in [-0.39, 0.29) is 5.92 Å². The van der Waals surface area contributed by atoms with E-state index in [1.165, 1.54) is 13.2 Å². The van der Waals surface area contributed by atoms with Crippen molar-refractivity contribution >= 4 is 29.2 Å². The van der Waals surface area contributed by atoms with E-state index in [0.29, 0.717) is 21.4 Å². The predicted molar refractivity (Wildman–Crippen MR) is 68.2 cm³/mol. The van der Waals surface area contributed by atoms with Gasteiger partial charge in [0.05, 0.1) is 18.1 Å². The molecule has 0 saturated carbocycles. The summed E-state index contributed by atoms with van der Waals surface area (Å²) in [6.45, 7) is 3.65. The average Bonchev–Trinajstić information content (AvgIpc) is 2.21. The van der Waals surface area contributed by atoms with Gasteiger partial charge in [-0.15, -0.1) is 0 Å². The zero-order chi connectivity index (χ0) is 13.2. The third-order valence-corrected chi connectivity index (χ3v) is 3.16. The molecule has 0 radical (unpaired) electrons. The molecular weight excluding hydrogens is 263 g/mol. The van der Waals surface area contributed by atoms with Gasteiger partial charge in [-0.3, -0.25) is 4.79 Å². The number of hydrogen-bond acceptors (Lipinski definition) is 2. The average molecular weight is 277 g/mol. The van der Waals surface area contributed by atoms with Crippen molar-refractivity contribution in [2.45, 2.75) is 19.8 Å². The van der Waals surface area contributed by atoms with E-state index >= 15 is 0 Å². The molecule has 0 aromatic heterocycles. The molecule has 0 aliphatic rings. The van der Waals surface area contributed by atoms with Gasteiger partial charge >= 0.3 is 5.97 Å². The Morgan fingerprint density at radius 3 is 2.29 bits per heavy atom. The lowest BCUT2D eigenvalue weighted by Crippen LogP contribution is -2.18. The molecule has 3 nitrogen and oxygen atoms in total. The van der Waals surface area contributed by atoms with Crippen molar-refractivity contribution < 1.29 is 14.6 Å². The molecule has 1 atom stereocenters. The highest BCUT2D eigenvalue weighted by Crippen LogP contribution is 2.37. The Kier molecular flexibility index (Phi) is 4.66. The second kappa shape index (κ2) is 5.61. The Balaban J connectivity index is 3.30. The van der Waals surface area contributed by atoms with Gasteiger partial charge in [0.15, 0.2) is 0 Å². The molecule has 0 amide bonds. The molecule has 0 bridgehead atoms. The standard InChI is InChI=1S/C12H14Cl2O3/c1-6(2)11(12(15)16)7-4-9(14)10(17-3)5-8(7)13/h4-6,11H,1-3H3,(H,15,16). The predicted octanol–water partition coefficient (Wildman–Crippen LogP) is 3.83. The van der Waals surface area contributed by atoms with Gasteiger partial charge < -0.3 is 9.84 Å². The number of rotatable bonds is 4. The van der Waals surface area contributed by atoms with Crippen LogP contribution in [0, 0.1) is 5.92 Å². The third-order valence-electron chi connectivity index (χ3n) is 2.54. The summed E-state index contributed by atoms with van der Waals surface area (Å²) in [7, 11) is 1.48. The van der Waals surface area contributed by atoms with Crippen LogP contribution in [0.2, 0.25) is 10.0 Å². The van der Waals surface area contributed by atoms with E-state index in [4.69, 9.17) is 27.9 Å². The van der Waals surface area contributed by atoms with E-state index in [0.717, 1.165) is 0 Å². The van der Waals surface area contributed by atoms with Gasteiger partial charge in [0.2, 0.25) is 0 Å². The molecule has 1 unspecified atom stereocenters. The highest BCUT2D eigenvalue weighted by Gasteiger charge is 2.26. The molecule has 0 fully saturated rings. The van der Waals surface area contributed by atoms with Crippen LogP contribution in [0.3, 0.4) is 0 Å². The zero-order valence-electron chi connectivity index (χ0n) is 9.83. The molecule has 0 spiro atoms. The quantitative estimate of drug-likeness (QED) is 0.909. The lowest BCUT2D eigenvalue weighted by molar-refractivity contribution is -0.139. The summed E-state index contributed by atoms with van der Waals surface area (Å²) in [6.07, 6.45) is 0.